The van der Waals surface area contributed by atoms with Crippen LogP contribution < -0.4 is 4.90 Å². The van der Waals surface area contributed by atoms with Gasteiger partial charge in [0.25, 0.3) is 5.91 Å². The van der Waals surface area contributed by atoms with Crippen molar-refractivity contribution in [1.29, 1.82) is 0 Å². The fourth-order valence-electron chi connectivity index (χ4n) is 2.90. The Morgan fingerprint density at radius 1 is 1.08 bits per heavy atom. The van der Waals surface area contributed by atoms with Crippen LogP contribution in [0.3, 0.4) is 0 Å². The van der Waals surface area contributed by atoms with Crippen LogP contribution in [0, 0.1) is 6.92 Å². The molecule has 0 radical (unpaired) electrons. The molecule has 4 nitrogen and oxygen atoms in total. The monoisotopic (exact) mass is 341 g/mol. The van der Waals surface area contributed by atoms with Crippen molar-refractivity contribution in [1.82, 2.24) is 0 Å². The zero-order valence-corrected chi connectivity index (χ0v) is 14.0. The fourth-order valence-corrected chi connectivity index (χ4v) is 3.02. The lowest BCUT2D eigenvalue weighted by molar-refractivity contribution is -0.117. The van der Waals surface area contributed by atoms with Crippen molar-refractivity contribution in [2.24, 2.45) is 0 Å². The first-order valence-corrected chi connectivity index (χ1v) is 7.87. The van der Waals surface area contributed by atoms with Gasteiger partial charge in [-0.1, -0.05) is 41.4 Å². The van der Waals surface area contributed by atoms with Crippen LogP contribution >= 0.6 is 11.6 Å². The minimum absolute atomic E-state index is 0.0999. The van der Waals surface area contributed by atoms with Crippen molar-refractivity contribution >= 4 is 29.0 Å². The van der Waals surface area contributed by atoms with Crippen molar-refractivity contribution < 1.29 is 14.7 Å². The largest absolute Gasteiger partial charge is 0.503 e. The quantitative estimate of drug-likeness (QED) is 0.912. The zero-order chi connectivity index (χ0) is 17.4. The summed E-state index contributed by atoms with van der Waals surface area (Å²) in [5.41, 5.74) is 2.48. The van der Waals surface area contributed by atoms with E-state index in [4.69, 9.17) is 11.6 Å². The van der Waals surface area contributed by atoms with Crippen molar-refractivity contribution in [3.05, 3.63) is 76.0 Å². The number of rotatable bonds is 3. The number of nitrogens with zero attached hydrogens (tertiary/aromatic N) is 1. The van der Waals surface area contributed by atoms with E-state index in [2.05, 4.69) is 0 Å². The highest BCUT2D eigenvalue weighted by Gasteiger charge is 2.43. The maximum atomic E-state index is 12.6. The molecule has 0 fully saturated rings. The van der Waals surface area contributed by atoms with Gasteiger partial charge in [-0.3, -0.25) is 14.5 Å². The summed E-state index contributed by atoms with van der Waals surface area (Å²) in [6, 6.07) is 13.6. The summed E-state index contributed by atoms with van der Waals surface area (Å²) in [6.45, 7) is 3.30. The smallest absolute Gasteiger partial charge is 0.294 e. The number of amides is 1. The Hall–Kier alpha value is -2.59. The summed E-state index contributed by atoms with van der Waals surface area (Å²) >= 11 is 5.94. The summed E-state index contributed by atoms with van der Waals surface area (Å²) in [6.07, 6.45) is 0. The predicted molar refractivity (Wildman–Crippen MR) is 93.2 cm³/mol. The van der Waals surface area contributed by atoms with E-state index in [1.165, 1.54) is 11.8 Å². The van der Waals surface area contributed by atoms with Gasteiger partial charge in [0.2, 0.25) is 0 Å². The number of carbonyl (C=O) groups is 2. The predicted octanol–water partition coefficient (Wildman–Crippen LogP) is 4.14. The number of hydrogen-bond acceptors (Lipinski definition) is 3. The van der Waals surface area contributed by atoms with Crippen molar-refractivity contribution in [2.45, 2.75) is 19.9 Å². The first kappa shape index (κ1) is 16.3. The molecule has 2 aromatic rings. The highest BCUT2D eigenvalue weighted by Crippen LogP contribution is 2.41. The molecule has 0 saturated carbocycles. The highest BCUT2D eigenvalue weighted by atomic mass is 35.5. The molecule has 3 rings (SSSR count). The molecule has 1 N–H and O–H groups in total. The number of benzene rings is 2. The average Bonchev–Trinajstić information content (AvgIpc) is 2.81. The lowest BCUT2D eigenvalue weighted by Crippen LogP contribution is -2.30. The molecule has 5 heteroatoms. The van der Waals surface area contributed by atoms with Crippen LogP contribution in [0.1, 0.15) is 24.1 Å². The summed E-state index contributed by atoms with van der Waals surface area (Å²) in [4.78, 5) is 26.1. The van der Waals surface area contributed by atoms with Gasteiger partial charge in [-0.2, -0.15) is 0 Å². The Balaban J connectivity index is 2.16. The Labute approximate surface area is 145 Å². The Bertz CT molecular complexity index is 838. The Kier molecular flexibility index (Phi) is 4.16. The molecule has 1 heterocycles. The van der Waals surface area contributed by atoms with E-state index in [0.29, 0.717) is 16.3 Å². The van der Waals surface area contributed by atoms with Gasteiger partial charge < -0.3 is 5.11 Å². The lowest BCUT2D eigenvalue weighted by atomic mass is 9.96. The van der Waals surface area contributed by atoms with Crippen molar-refractivity contribution in [2.75, 3.05) is 4.90 Å². The molecule has 2 aromatic carbocycles. The minimum Gasteiger partial charge on any atom is -0.503 e. The van der Waals surface area contributed by atoms with Crippen LogP contribution in [0.15, 0.2) is 59.9 Å². The molecule has 0 spiro atoms. The molecule has 1 amide bonds. The molecule has 0 saturated heterocycles. The first-order chi connectivity index (χ1) is 11.4. The number of ketones is 1. The summed E-state index contributed by atoms with van der Waals surface area (Å²) in [7, 11) is 0. The van der Waals surface area contributed by atoms with Crippen molar-refractivity contribution in [3.8, 4) is 0 Å². The van der Waals surface area contributed by atoms with Gasteiger partial charge in [0.15, 0.2) is 11.5 Å². The van der Waals surface area contributed by atoms with Crippen LogP contribution in [-0.2, 0) is 9.59 Å². The Morgan fingerprint density at radius 3 is 2.21 bits per heavy atom. The van der Waals surface area contributed by atoms with Crippen LogP contribution in [0.5, 0.6) is 0 Å². The molecular weight excluding hydrogens is 326 g/mol. The van der Waals surface area contributed by atoms with Crippen LogP contribution in [0.25, 0.3) is 0 Å². The molecule has 0 aromatic heterocycles. The molecule has 1 atom stereocenters. The average molecular weight is 342 g/mol. The SMILES string of the molecule is CC(=O)C1=C(O)C(=O)N(c2ccc(C)cc2)[C@@H]1c1ccc(Cl)cc1. The van der Waals surface area contributed by atoms with Gasteiger partial charge in [0.1, 0.15) is 0 Å². The van der Waals surface area contributed by atoms with Gasteiger partial charge in [-0.25, -0.2) is 0 Å². The number of Topliss-reactive ketones (excluding diaryl/α,β-unsaturated/α-hetero) is 1. The van der Waals surface area contributed by atoms with Gasteiger partial charge in [0.05, 0.1) is 11.6 Å². The second-order valence-corrected chi connectivity index (χ2v) is 6.22. The minimum atomic E-state index is -0.671. The highest BCUT2D eigenvalue weighted by molar-refractivity contribution is 6.30. The van der Waals surface area contributed by atoms with E-state index in [-0.39, 0.29) is 11.4 Å². The first-order valence-electron chi connectivity index (χ1n) is 7.50. The van der Waals surface area contributed by atoms with E-state index in [9.17, 15) is 14.7 Å². The van der Waals surface area contributed by atoms with Crippen molar-refractivity contribution in [3.63, 3.8) is 0 Å². The maximum Gasteiger partial charge on any atom is 0.294 e. The molecule has 0 bridgehead atoms. The van der Waals surface area contributed by atoms with E-state index in [1.54, 1.807) is 36.4 Å². The normalized spacial score (nSPS) is 17.5. The number of aliphatic hydroxyl groups excluding tert-OH is 1. The van der Waals surface area contributed by atoms with Gasteiger partial charge in [-0.15, -0.1) is 0 Å². The number of carbonyl (C=O) groups excluding carboxylic acids is 2. The molecule has 1 aliphatic rings. The van der Waals surface area contributed by atoms with Crippen LogP contribution in [-0.4, -0.2) is 16.8 Å². The topological polar surface area (TPSA) is 57.6 Å². The molecule has 24 heavy (non-hydrogen) atoms. The summed E-state index contributed by atoms with van der Waals surface area (Å²) in [5, 5.41) is 10.8. The number of aliphatic hydroxyl groups is 1. The fraction of sp³-hybridized carbons (Fsp3) is 0.158. The van der Waals surface area contributed by atoms with Gasteiger partial charge in [-0.05, 0) is 43.7 Å². The van der Waals surface area contributed by atoms with E-state index < -0.39 is 17.7 Å². The molecule has 1 aliphatic heterocycles. The standard InChI is InChI=1S/C19H16ClNO3/c1-11-3-9-15(10-4-11)21-17(13-5-7-14(20)8-6-13)16(12(2)22)18(23)19(21)24/h3-10,17,23H,1-2H3/t17-/m1/s1. The number of halogens is 1. The zero-order valence-electron chi connectivity index (χ0n) is 13.3. The number of hydrogen-bond donors (Lipinski definition) is 1. The van der Waals surface area contributed by atoms with Gasteiger partial charge >= 0.3 is 0 Å². The van der Waals surface area contributed by atoms with E-state index in [0.717, 1.165) is 5.56 Å². The summed E-state index contributed by atoms with van der Waals surface area (Å²) < 4.78 is 0. The van der Waals surface area contributed by atoms with Gasteiger partial charge in [0, 0.05) is 10.7 Å². The second kappa shape index (κ2) is 6.13. The van der Waals surface area contributed by atoms with Crippen LogP contribution in [0.2, 0.25) is 5.02 Å². The molecule has 0 unspecified atom stereocenters. The number of anilines is 1. The third-order valence-corrected chi connectivity index (χ3v) is 4.34. The lowest BCUT2D eigenvalue weighted by Gasteiger charge is -2.26. The third kappa shape index (κ3) is 2.69. The summed E-state index contributed by atoms with van der Waals surface area (Å²) in [5.74, 6) is -1.41. The molecular formula is C19H16ClNO3. The van der Waals surface area contributed by atoms with E-state index >= 15 is 0 Å². The van der Waals surface area contributed by atoms with Crippen LogP contribution in [0.4, 0.5) is 5.69 Å². The number of aryl methyl sites for hydroxylation is 1. The second-order valence-electron chi connectivity index (χ2n) is 5.78. The maximum absolute atomic E-state index is 12.6. The third-order valence-electron chi connectivity index (χ3n) is 4.09. The Morgan fingerprint density at radius 2 is 1.67 bits per heavy atom. The molecule has 122 valence electrons. The van der Waals surface area contributed by atoms with E-state index in [1.807, 2.05) is 19.1 Å². The molecule has 0 aliphatic carbocycles.